The van der Waals surface area contributed by atoms with Crippen LogP contribution in [0.5, 0.6) is 0 Å². The van der Waals surface area contributed by atoms with E-state index < -0.39 is 0 Å². The van der Waals surface area contributed by atoms with Crippen LogP contribution in [-0.4, -0.2) is 57.4 Å². The summed E-state index contributed by atoms with van der Waals surface area (Å²) in [4.78, 5) is 0. The molecule has 0 aliphatic carbocycles. The average molecular weight is 228 g/mol. The highest BCUT2D eigenvalue weighted by atomic mass is 16.6. The van der Waals surface area contributed by atoms with Crippen molar-refractivity contribution in [1.29, 1.82) is 0 Å². The Morgan fingerprint density at radius 3 is 2.50 bits per heavy atom. The third-order valence-corrected chi connectivity index (χ3v) is 3.70. The number of ether oxygens (including phenoxy) is 3. The van der Waals surface area contributed by atoms with Gasteiger partial charge in [0.05, 0.1) is 32.0 Å². The van der Waals surface area contributed by atoms with E-state index in [1.807, 2.05) is 0 Å². The molecule has 0 saturated carbocycles. The van der Waals surface area contributed by atoms with Gasteiger partial charge in [-0.2, -0.15) is 0 Å². The summed E-state index contributed by atoms with van der Waals surface area (Å²) >= 11 is 0. The van der Waals surface area contributed by atoms with Crippen LogP contribution in [0.2, 0.25) is 0 Å². The standard InChI is InChI=1S/C11H20N2O3/c1-2-11(9-14-4-1)13-6-10(8-16-11)7-15-5-3-12-10/h12-13H,1-9H2. The molecule has 3 saturated heterocycles. The maximum atomic E-state index is 6.02. The molecule has 3 aliphatic rings. The van der Waals surface area contributed by atoms with Gasteiger partial charge in [-0.05, 0) is 12.8 Å². The third kappa shape index (κ3) is 1.98. The van der Waals surface area contributed by atoms with Crippen molar-refractivity contribution in [2.45, 2.75) is 24.1 Å². The molecule has 0 amide bonds. The quantitative estimate of drug-likeness (QED) is 0.584. The smallest absolute Gasteiger partial charge is 0.142 e. The van der Waals surface area contributed by atoms with E-state index in [0.717, 1.165) is 45.8 Å². The first-order valence-corrected chi connectivity index (χ1v) is 6.12. The number of morpholine rings is 1. The lowest BCUT2D eigenvalue weighted by Gasteiger charge is -2.49. The normalized spacial score (nSPS) is 45.0. The Kier molecular flexibility index (Phi) is 2.89. The molecule has 5 nitrogen and oxygen atoms in total. The van der Waals surface area contributed by atoms with Crippen molar-refractivity contribution in [3.63, 3.8) is 0 Å². The van der Waals surface area contributed by atoms with E-state index in [-0.39, 0.29) is 11.3 Å². The molecule has 0 aromatic carbocycles. The van der Waals surface area contributed by atoms with Gasteiger partial charge < -0.3 is 19.5 Å². The summed E-state index contributed by atoms with van der Waals surface area (Å²) < 4.78 is 17.0. The predicted molar refractivity (Wildman–Crippen MR) is 58.3 cm³/mol. The number of hydrogen-bond donors (Lipinski definition) is 2. The van der Waals surface area contributed by atoms with E-state index in [2.05, 4.69) is 10.6 Å². The molecule has 3 aliphatic heterocycles. The van der Waals surface area contributed by atoms with E-state index in [0.29, 0.717) is 13.2 Å². The number of rotatable bonds is 0. The van der Waals surface area contributed by atoms with Gasteiger partial charge in [-0.1, -0.05) is 0 Å². The Bertz CT molecular complexity index is 210. The summed E-state index contributed by atoms with van der Waals surface area (Å²) in [7, 11) is 0. The summed E-state index contributed by atoms with van der Waals surface area (Å²) in [6.07, 6.45) is 2.12. The molecule has 3 rings (SSSR count). The summed E-state index contributed by atoms with van der Waals surface area (Å²) in [5.41, 5.74) is -0.260. The van der Waals surface area contributed by atoms with Gasteiger partial charge in [-0.15, -0.1) is 0 Å². The van der Waals surface area contributed by atoms with Crippen LogP contribution in [0.25, 0.3) is 0 Å². The molecule has 3 fully saturated rings. The van der Waals surface area contributed by atoms with Crippen LogP contribution in [0.15, 0.2) is 0 Å². The summed E-state index contributed by atoms with van der Waals surface area (Å²) in [5.74, 6) is 0. The zero-order chi connectivity index (χ0) is 10.9. The Hall–Kier alpha value is -0.200. The van der Waals surface area contributed by atoms with Crippen LogP contribution < -0.4 is 10.6 Å². The molecule has 0 aromatic rings. The summed E-state index contributed by atoms with van der Waals surface area (Å²) in [6, 6.07) is 0. The van der Waals surface area contributed by atoms with Crippen molar-refractivity contribution in [2.75, 3.05) is 46.1 Å². The molecule has 92 valence electrons. The van der Waals surface area contributed by atoms with E-state index >= 15 is 0 Å². The van der Waals surface area contributed by atoms with Crippen molar-refractivity contribution in [1.82, 2.24) is 10.6 Å². The first kappa shape index (κ1) is 10.9. The second-order valence-corrected chi connectivity index (χ2v) is 5.05. The van der Waals surface area contributed by atoms with Gasteiger partial charge in [0, 0.05) is 19.7 Å². The molecule has 16 heavy (non-hydrogen) atoms. The highest BCUT2D eigenvalue weighted by Gasteiger charge is 2.45. The Morgan fingerprint density at radius 1 is 0.938 bits per heavy atom. The second-order valence-electron chi connectivity index (χ2n) is 5.05. The molecule has 2 spiro atoms. The van der Waals surface area contributed by atoms with Crippen molar-refractivity contribution >= 4 is 0 Å². The lowest BCUT2D eigenvalue weighted by atomic mass is 9.95. The maximum absolute atomic E-state index is 6.02. The number of hydrogen-bond acceptors (Lipinski definition) is 5. The lowest BCUT2D eigenvalue weighted by molar-refractivity contribution is -0.195. The lowest BCUT2D eigenvalue weighted by Crippen LogP contribution is -2.72. The monoisotopic (exact) mass is 228 g/mol. The van der Waals surface area contributed by atoms with Crippen molar-refractivity contribution in [3.8, 4) is 0 Å². The first-order valence-electron chi connectivity index (χ1n) is 6.12. The first-order chi connectivity index (χ1) is 7.83. The van der Waals surface area contributed by atoms with Crippen LogP contribution in [0, 0.1) is 0 Å². The molecule has 5 heteroatoms. The van der Waals surface area contributed by atoms with Crippen molar-refractivity contribution in [3.05, 3.63) is 0 Å². The molecule has 2 N–H and O–H groups in total. The highest BCUT2D eigenvalue weighted by Crippen LogP contribution is 2.27. The Labute approximate surface area is 95.8 Å². The zero-order valence-electron chi connectivity index (χ0n) is 9.59. The second kappa shape index (κ2) is 4.23. The SMILES string of the molecule is C1COCC2(C1)NCC1(COCCN1)CO2. The summed E-state index contributed by atoms with van der Waals surface area (Å²) in [5, 5.41) is 7.01. The van der Waals surface area contributed by atoms with Gasteiger partial charge in [-0.3, -0.25) is 5.32 Å². The van der Waals surface area contributed by atoms with Crippen LogP contribution >= 0.6 is 0 Å². The van der Waals surface area contributed by atoms with Crippen LogP contribution in [0.4, 0.5) is 0 Å². The molecule has 0 aromatic heterocycles. The zero-order valence-corrected chi connectivity index (χ0v) is 9.59. The molecule has 0 radical (unpaired) electrons. The maximum Gasteiger partial charge on any atom is 0.142 e. The number of nitrogens with one attached hydrogen (secondary N) is 2. The minimum absolute atomic E-state index is 0.0268. The van der Waals surface area contributed by atoms with Gasteiger partial charge in [0.2, 0.25) is 0 Å². The molecular formula is C11H20N2O3. The topological polar surface area (TPSA) is 51.8 Å². The van der Waals surface area contributed by atoms with E-state index in [9.17, 15) is 0 Å². The molecule has 0 bridgehead atoms. The van der Waals surface area contributed by atoms with Crippen molar-refractivity contribution < 1.29 is 14.2 Å². The van der Waals surface area contributed by atoms with E-state index in [1.54, 1.807) is 0 Å². The molecule has 3 heterocycles. The molecular weight excluding hydrogens is 208 g/mol. The Balaban J connectivity index is 1.61. The van der Waals surface area contributed by atoms with Crippen LogP contribution in [0.1, 0.15) is 12.8 Å². The minimum Gasteiger partial charge on any atom is -0.378 e. The van der Waals surface area contributed by atoms with E-state index in [4.69, 9.17) is 14.2 Å². The van der Waals surface area contributed by atoms with Gasteiger partial charge >= 0.3 is 0 Å². The van der Waals surface area contributed by atoms with Crippen molar-refractivity contribution in [2.24, 2.45) is 0 Å². The molecule has 2 unspecified atom stereocenters. The average Bonchev–Trinajstić information content (AvgIpc) is 2.36. The van der Waals surface area contributed by atoms with E-state index in [1.165, 1.54) is 0 Å². The third-order valence-electron chi connectivity index (χ3n) is 3.70. The van der Waals surface area contributed by atoms with Gasteiger partial charge in [0.25, 0.3) is 0 Å². The predicted octanol–water partition coefficient (Wildman–Crippen LogP) is -0.528. The largest absolute Gasteiger partial charge is 0.378 e. The fraction of sp³-hybridized carbons (Fsp3) is 1.00. The van der Waals surface area contributed by atoms with Gasteiger partial charge in [0.1, 0.15) is 5.72 Å². The fourth-order valence-corrected chi connectivity index (χ4v) is 2.64. The van der Waals surface area contributed by atoms with Gasteiger partial charge in [-0.25, -0.2) is 0 Å². The highest BCUT2D eigenvalue weighted by molar-refractivity contribution is 4.99. The molecule has 2 atom stereocenters. The fourth-order valence-electron chi connectivity index (χ4n) is 2.64. The Morgan fingerprint density at radius 2 is 1.88 bits per heavy atom. The minimum atomic E-state index is -0.234. The van der Waals surface area contributed by atoms with Gasteiger partial charge in [0.15, 0.2) is 0 Å². The summed E-state index contributed by atoms with van der Waals surface area (Å²) in [6.45, 7) is 5.59. The van der Waals surface area contributed by atoms with Crippen LogP contribution in [-0.2, 0) is 14.2 Å². The van der Waals surface area contributed by atoms with Crippen LogP contribution in [0.3, 0.4) is 0 Å².